The monoisotopic (exact) mass is 553 g/mol. The zero-order valence-corrected chi connectivity index (χ0v) is 22.3. The Morgan fingerprint density at radius 3 is 2.53 bits per heavy atom. The highest BCUT2D eigenvalue weighted by Crippen LogP contribution is 2.59. The van der Waals surface area contributed by atoms with Gasteiger partial charge in [-0.25, -0.2) is 4.98 Å². The van der Waals surface area contributed by atoms with Gasteiger partial charge < -0.3 is 9.88 Å². The van der Waals surface area contributed by atoms with Crippen LogP contribution in [0.1, 0.15) is 69.4 Å². The third-order valence-electron chi connectivity index (χ3n) is 8.50. The first-order valence-electron chi connectivity index (χ1n) is 12.8. The number of H-pyrrole nitrogens is 1. The molecule has 2 aromatic carbocycles. The number of fused-ring (bicyclic) bond motifs is 3. The highest BCUT2D eigenvalue weighted by molar-refractivity contribution is 9.10. The molecule has 1 N–H and O–H groups in total. The van der Waals surface area contributed by atoms with Crippen LogP contribution in [0.15, 0.2) is 47.1 Å². The highest BCUT2D eigenvalue weighted by Gasteiger charge is 2.55. The molecule has 1 saturated carbocycles. The predicted octanol–water partition coefficient (Wildman–Crippen LogP) is 7.70. The maximum absolute atomic E-state index is 15.4. The van der Waals surface area contributed by atoms with Gasteiger partial charge >= 0.3 is 0 Å². The van der Waals surface area contributed by atoms with E-state index >= 15 is 8.78 Å². The van der Waals surface area contributed by atoms with Crippen LogP contribution in [0, 0.1) is 17.3 Å². The van der Waals surface area contributed by atoms with Gasteiger partial charge in [-0.1, -0.05) is 54.9 Å². The minimum atomic E-state index is -3.06. The van der Waals surface area contributed by atoms with E-state index in [-0.39, 0.29) is 40.3 Å². The van der Waals surface area contributed by atoms with Gasteiger partial charge in [0.15, 0.2) is 0 Å². The fraction of sp³-hybridized carbons (Fsp3) is 0.448. The number of amides is 1. The fourth-order valence-corrected chi connectivity index (χ4v) is 6.59. The van der Waals surface area contributed by atoms with Crippen molar-refractivity contribution in [2.24, 2.45) is 17.3 Å². The topological polar surface area (TPSA) is 49.0 Å². The molecule has 0 radical (unpaired) electrons. The van der Waals surface area contributed by atoms with Crippen LogP contribution in [0.4, 0.5) is 8.78 Å². The first-order valence-corrected chi connectivity index (χ1v) is 13.6. The number of carbonyl (C=O) groups is 1. The van der Waals surface area contributed by atoms with Gasteiger partial charge in [-0.3, -0.25) is 4.79 Å². The SMILES string of the molecule is CCC(C(=O)N1CC2(CC2)CC1c1ncc(-c2ccc3c(c2)C(F)(F)c2cc(Br)ccc2-3)[nH]1)C(C)C. The summed E-state index contributed by atoms with van der Waals surface area (Å²) in [4.78, 5) is 23.6. The number of benzene rings is 2. The molecule has 1 saturated heterocycles. The van der Waals surface area contributed by atoms with Crippen molar-refractivity contribution in [1.29, 1.82) is 0 Å². The first kappa shape index (κ1) is 23.8. The third kappa shape index (κ3) is 3.65. The number of halogens is 3. The number of hydrogen-bond acceptors (Lipinski definition) is 2. The molecular weight excluding hydrogens is 524 g/mol. The maximum Gasteiger partial charge on any atom is 0.299 e. The number of imidazole rings is 1. The van der Waals surface area contributed by atoms with Gasteiger partial charge in [0.05, 0.1) is 17.9 Å². The summed E-state index contributed by atoms with van der Waals surface area (Å²) in [7, 11) is 0. The van der Waals surface area contributed by atoms with Crippen LogP contribution in [0.2, 0.25) is 0 Å². The Balaban J connectivity index is 1.32. The number of likely N-dealkylation sites (tertiary alicyclic amines) is 1. The minimum absolute atomic E-state index is 0.00329. The summed E-state index contributed by atoms with van der Waals surface area (Å²) < 4.78 is 31.4. The molecule has 4 nitrogen and oxygen atoms in total. The van der Waals surface area contributed by atoms with Crippen LogP contribution in [0.5, 0.6) is 0 Å². The molecule has 6 rings (SSSR count). The van der Waals surface area contributed by atoms with Crippen LogP contribution < -0.4 is 0 Å². The highest BCUT2D eigenvalue weighted by atomic mass is 79.9. The van der Waals surface area contributed by atoms with E-state index < -0.39 is 5.92 Å². The average molecular weight is 554 g/mol. The Kier molecular flexibility index (Phi) is 5.45. The largest absolute Gasteiger partial charge is 0.340 e. The molecule has 7 heteroatoms. The molecule has 36 heavy (non-hydrogen) atoms. The number of carbonyl (C=O) groups excluding carboxylic acids is 1. The molecule has 2 unspecified atom stereocenters. The van der Waals surface area contributed by atoms with Gasteiger partial charge in [0, 0.05) is 33.6 Å². The van der Waals surface area contributed by atoms with Crippen LogP contribution in [-0.4, -0.2) is 27.3 Å². The van der Waals surface area contributed by atoms with E-state index in [2.05, 4.69) is 46.7 Å². The van der Waals surface area contributed by atoms with Crippen molar-refractivity contribution in [1.82, 2.24) is 14.9 Å². The molecule has 0 bridgehead atoms. The number of aromatic nitrogens is 2. The van der Waals surface area contributed by atoms with E-state index in [9.17, 15) is 4.79 Å². The average Bonchev–Trinajstić information content (AvgIpc) is 3.17. The normalized spacial score (nSPS) is 21.6. The lowest BCUT2D eigenvalue weighted by Gasteiger charge is -2.29. The molecule has 1 spiro atoms. The molecule has 3 aliphatic rings. The Morgan fingerprint density at radius 2 is 1.86 bits per heavy atom. The second-order valence-electron chi connectivity index (χ2n) is 11.2. The molecule has 2 fully saturated rings. The second-order valence-corrected chi connectivity index (χ2v) is 12.1. The summed E-state index contributed by atoms with van der Waals surface area (Å²) in [5, 5.41) is 0. The van der Waals surface area contributed by atoms with Gasteiger partial charge in [-0.2, -0.15) is 8.78 Å². The molecule has 3 aromatic rings. The third-order valence-corrected chi connectivity index (χ3v) is 8.99. The fourth-order valence-electron chi connectivity index (χ4n) is 6.23. The van der Waals surface area contributed by atoms with E-state index in [0.717, 1.165) is 38.1 Å². The van der Waals surface area contributed by atoms with Gasteiger partial charge in [0.25, 0.3) is 5.92 Å². The molecule has 1 amide bonds. The van der Waals surface area contributed by atoms with Crippen molar-refractivity contribution in [3.05, 3.63) is 64.0 Å². The van der Waals surface area contributed by atoms with Crippen molar-refractivity contribution in [2.75, 3.05) is 6.54 Å². The summed E-state index contributed by atoms with van der Waals surface area (Å²) in [6.07, 6.45) is 5.74. The van der Waals surface area contributed by atoms with Crippen LogP contribution in [0.3, 0.4) is 0 Å². The Labute approximate surface area is 218 Å². The number of alkyl halides is 2. The Morgan fingerprint density at radius 1 is 1.17 bits per heavy atom. The van der Waals surface area contributed by atoms with Crippen molar-refractivity contribution in [3.63, 3.8) is 0 Å². The number of nitrogens with zero attached hydrogens (tertiary/aromatic N) is 2. The summed E-state index contributed by atoms with van der Waals surface area (Å²) >= 11 is 3.32. The van der Waals surface area contributed by atoms with Crippen LogP contribution in [0.25, 0.3) is 22.4 Å². The quantitative estimate of drug-likeness (QED) is 0.352. The molecule has 1 aliphatic heterocycles. The van der Waals surface area contributed by atoms with Gasteiger partial charge in [0.2, 0.25) is 5.91 Å². The van der Waals surface area contributed by atoms with E-state index in [1.807, 2.05) is 11.0 Å². The van der Waals surface area contributed by atoms with Crippen LogP contribution >= 0.6 is 15.9 Å². The lowest BCUT2D eigenvalue weighted by molar-refractivity contribution is -0.138. The van der Waals surface area contributed by atoms with E-state index in [1.54, 1.807) is 30.5 Å². The van der Waals surface area contributed by atoms with Crippen molar-refractivity contribution in [3.8, 4) is 22.4 Å². The van der Waals surface area contributed by atoms with E-state index in [1.165, 1.54) is 6.07 Å². The lowest BCUT2D eigenvalue weighted by atomic mass is 9.91. The smallest absolute Gasteiger partial charge is 0.299 e. The molecule has 2 heterocycles. The molecule has 2 aliphatic carbocycles. The second kappa shape index (κ2) is 8.23. The van der Waals surface area contributed by atoms with Gasteiger partial charge in [-0.15, -0.1) is 0 Å². The summed E-state index contributed by atoms with van der Waals surface area (Å²) in [5.74, 6) is -1.83. The van der Waals surface area contributed by atoms with Crippen molar-refractivity contribution < 1.29 is 13.6 Å². The Bertz CT molecular complexity index is 1360. The number of aromatic amines is 1. The Hall–Kier alpha value is -2.54. The summed E-state index contributed by atoms with van der Waals surface area (Å²) in [5.41, 5.74) is 2.76. The number of rotatable bonds is 5. The van der Waals surface area contributed by atoms with Crippen molar-refractivity contribution in [2.45, 2.75) is 58.4 Å². The van der Waals surface area contributed by atoms with Gasteiger partial charge in [-0.05, 0) is 66.3 Å². The predicted molar refractivity (Wildman–Crippen MR) is 140 cm³/mol. The molecule has 2 atom stereocenters. The molecule has 1 aromatic heterocycles. The maximum atomic E-state index is 15.4. The van der Waals surface area contributed by atoms with Crippen molar-refractivity contribution >= 4 is 21.8 Å². The lowest BCUT2D eigenvalue weighted by Crippen LogP contribution is -2.38. The number of nitrogens with one attached hydrogen (secondary N) is 1. The van der Waals surface area contributed by atoms with E-state index in [0.29, 0.717) is 26.9 Å². The minimum Gasteiger partial charge on any atom is -0.340 e. The zero-order valence-electron chi connectivity index (χ0n) is 20.7. The standard InChI is InChI=1S/C29H30BrF2N3O/c1-4-19(16(2)3)27(36)35-15-28(9-10-28)13-25(35)26-33-14-24(34-26)17-5-7-20-21-8-6-18(30)12-23(21)29(31,32)22(20)11-17/h5-8,11-12,14,16,19,25H,4,9-10,13,15H2,1-3H3,(H,33,34). The molecule has 188 valence electrons. The zero-order chi connectivity index (χ0) is 25.4. The van der Waals surface area contributed by atoms with Gasteiger partial charge in [0.1, 0.15) is 5.82 Å². The summed E-state index contributed by atoms with van der Waals surface area (Å²) in [6.45, 7) is 7.08. The van der Waals surface area contributed by atoms with E-state index in [4.69, 9.17) is 0 Å². The summed E-state index contributed by atoms with van der Waals surface area (Å²) in [6, 6.07) is 10.2. The van der Waals surface area contributed by atoms with Crippen LogP contribution in [-0.2, 0) is 10.7 Å². The number of hydrogen-bond donors (Lipinski definition) is 1. The first-order chi connectivity index (χ1) is 17.1. The molecular formula is C29H30BrF2N3O.